The number of hydrogen-bond donors (Lipinski definition) is 0. The number of para-hydroxylation sites is 1. The zero-order valence-corrected chi connectivity index (χ0v) is 22.2. The second-order valence-corrected chi connectivity index (χ2v) is 11.1. The van der Waals surface area contributed by atoms with Crippen LogP contribution in [0.5, 0.6) is 0 Å². The Kier molecular flexibility index (Phi) is 6.17. The highest BCUT2D eigenvalue weighted by Crippen LogP contribution is 2.42. The second kappa shape index (κ2) is 9.15. The average Bonchev–Trinajstić information content (AvgIpc) is 3.15. The van der Waals surface area contributed by atoms with Crippen molar-refractivity contribution < 1.29 is 0 Å². The fourth-order valence-electron chi connectivity index (χ4n) is 6.27. The molecule has 180 valence electrons. The van der Waals surface area contributed by atoms with E-state index in [9.17, 15) is 0 Å². The van der Waals surface area contributed by atoms with Crippen LogP contribution in [0, 0.1) is 26.7 Å². The van der Waals surface area contributed by atoms with Gasteiger partial charge >= 0.3 is 0 Å². The quantitative estimate of drug-likeness (QED) is 0.276. The van der Waals surface area contributed by atoms with Gasteiger partial charge in [0.1, 0.15) is 5.82 Å². The summed E-state index contributed by atoms with van der Waals surface area (Å²) in [5.74, 6) is 2.68. The Balaban J connectivity index is 1.83. The van der Waals surface area contributed by atoms with Crippen LogP contribution in [-0.2, 0) is 0 Å². The molecule has 0 spiro atoms. The topological polar surface area (TPSA) is 17.8 Å². The molecule has 0 bridgehead atoms. The number of hydrogen-bond acceptors (Lipinski definition) is 1. The number of imidazole rings is 1. The van der Waals surface area contributed by atoms with E-state index in [1.165, 1.54) is 56.6 Å². The Morgan fingerprint density at radius 1 is 0.914 bits per heavy atom. The number of rotatable bonds is 4. The van der Waals surface area contributed by atoms with Crippen LogP contribution in [0.25, 0.3) is 28.1 Å². The number of aryl methyl sites for hydroxylation is 3. The molecule has 2 atom stereocenters. The van der Waals surface area contributed by atoms with E-state index in [0.717, 1.165) is 24.2 Å². The number of fused-ring (bicyclic) bond motifs is 1. The fraction of sp³-hybridized carbons (Fsp3) is 0.364. The van der Waals surface area contributed by atoms with Crippen molar-refractivity contribution in [2.75, 3.05) is 0 Å². The van der Waals surface area contributed by atoms with Crippen LogP contribution < -0.4 is 0 Å². The molecule has 2 unspecified atom stereocenters. The van der Waals surface area contributed by atoms with E-state index in [4.69, 9.17) is 4.98 Å². The Bertz CT molecular complexity index is 1400. The minimum Gasteiger partial charge on any atom is -0.292 e. The molecule has 0 aliphatic heterocycles. The van der Waals surface area contributed by atoms with Gasteiger partial charge in [0.05, 0.1) is 16.7 Å². The summed E-state index contributed by atoms with van der Waals surface area (Å²) < 4.78 is 2.44. The van der Waals surface area contributed by atoms with Crippen LogP contribution in [0.4, 0.5) is 0 Å². The van der Waals surface area contributed by atoms with E-state index in [-0.39, 0.29) is 0 Å². The summed E-state index contributed by atoms with van der Waals surface area (Å²) in [5.41, 5.74) is 12.8. The molecule has 1 fully saturated rings. The summed E-state index contributed by atoms with van der Waals surface area (Å²) in [6.07, 6.45) is 3.48. The molecule has 0 N–H and O–H groups in total. The molecular weight excluding hydrogens is 424 g/mol. The molecule has 1 aliphatic carbocycles. The van der Waals surface area contributed by atoms with Gasteiger partial charge in [-0.25, -0.2) is 4.98 Å². The number of nitrogens with zero attached hydrogens (tertiary/aromatic N) is 2. The highest BCUT2D eigenvalue weighted by atomic mass is 15.1. The summed E-state index contributed by atoms with van der Waals surface area (Å²) in [5, 5.41) is 0. The van der Waals surface area contributed by atoms with E-state index in [2.05, 4.69) is 107 Å². The summed E-state index contributed by atoms with van der Waals surface area (Å²) in [6.45, 7) is 18.0. The van der Waals surface area contributed by atoms with Crippen LogP contribution in [-0.4, -0.2) is 9.55 Å². The maximum atomic E-state index is 5.31. The predicted octanol–water partition coefficient (Wildman–Crippen LogP) is 9.20. The van der Waals surface area contributed by atoms with E-state index in [1.807, 2.05) is 0 Å². The molecule has 1 saturated carbocycles. The van der Waals surface area contributed by atoms with Gasteiger partial charge in [-0.05, 0) is 97.7 Å². The van der Waals surface area contributed by atoms with E-state index < -0.39 is 0 Å². The minimum atomic E-state index is 0.421. The van der Waals surface area contributed by atoms with Gasteiger partial charge in [-0.3, -0.25) is 4.57 Å². The molecule has 0 amide bonds. The molecule has 1 heterocycles. The largest absolute Gasteiger partial charge is 0.292 e. The van der Waals surface area contributed by atoms with Crippen molar-refractivity contribution in [1.82, 2.24) is 9.55 Å². The van der Waals surface area contributed by atoms with Crippen molar-refractivity contribution in [2.24, 2.45) is 5.92 Å². The van der Waals surface area contributed by atoms with Gasteiger partial charge in [-0.15, -0.1) is 0 Å². The van der Waals surface area contributed by atoms with Crippen molar-refractivity contribution in [3.63, 3.8) is 0 Å². The van der Waals surface area contributed by atoms with Gasteiger partial charge in [0.15, 0.2) is 0 Å². The molecule has 2 heteroatoms. The van der Waals surface area contributed by atoms with Crippen molar-refractivity contribution in [3.05, 3.63) is 94.6 Å². The van der Waals surface area contributed by atoms with Gasteiger partial charge in [-0.2, -0.15) is 0 Å². The third-order valence-electron chi connectivity index (χ3n) is 7.83. The van der Waals surface area contributed by atoms with E-state index >= 15 is 0 Å². The normalized spacial score (nSPS) is 18.5. The summed E-state index contributed by atoms with van der Waals surface area (Å²) in [7, 11) is 0. The number of aromatic nitrogens is 2. The van der Waals surface area contributed by atoms with Crippen LogP contribution in [0.3, 0.4) is 0 Å². The van der Waals surface area contributed by atoms with Crippen molar-refractivity contribution >= 4 is 11.0 Å². The first-order chi connectivity index (χ1) is 16.7. The van der Waals surface area contributed by atoms with E-state index in [0.29, 0.717) is 17.8 Å². The highest BCUT2D eigenvalue weighted by molar-refractivity contribution is 5.86. The Morgan fingerprint density at radius 2 is 1.63 bits per heavy atom. The molecule has 0 radical (unpaired) electrons. The van der Waals surface area contributed by atoms with Gasteiger partial charge in [0.25, 0.3) is 0 Å². The van der Waals surface area contributed by atoms with Gasteiger partial charge < -0.3 is 0 Å². The number of allylic oxidation sites excluding steroid dienone is 1. The van der Waals surface area contributed by atoms with Crippen LogP contribution in [0.1, 0.15) is 79.7 Å². The lowest BCUT2D eigenvalue weighted by molar-refractivity contribution is 0.407. The smallest absolute Gasteiger partial charge is 0.146 e. The monoisotopic (exact) mass is 462 g/mol. The molecule has 35 heavy (non-hydrogen) atoms. The average molecular weight is 463 g/mol. The third-order valence-corrected chi connectivity index (χ3v) is 7.83. The molecular formula is C33H38N2. The Hall–Kier alpha value is -3.13. The first-order valence-electron chi connectivity index (χ1n) is 13.1. The lowest BCUT2D eigenvalue weighted by atomic mass is 9.75. The standard InChI is InChI=1S/C33H38N2/c1-20(2)27-13-8-9-14-28(27)33-34-30-18-25(7)29(26-16-21(3)15-22(4)17-26)19-31(30)35(33)32-23(5)11-10-12-24(32)6/h8-14,18-20,22,26H,3,15-17H2,1-2,4-7H3. The van der Waals surface area contributed by atoms with E-state index in [1.54, 1.807) is 0 Å². The molecule has 4 aromatic rings. The zero-order chi connectivity index (χ0) is 24.9. The molecule has 0 saturated heterocycles. The molecule has 3 aromatic carbocycles. The van der Waals surface area contributed by atoms with Gasteiger partial charge in [0.2, 0.25) is 0 Å². The minimum absolute atomic E-state index is 0.421. The number of benzene rings is 3. The fourth-order valence-corrected chi connectivity index (χ4v) is 6.27. The molecule has 1 aromatic heterocycles. The maximum absolute atomic E-state index is 5.31. The van der Waals surface area contributed by atoms with Crippen LogP contribution >= 0.6 is 0 Å². The molecule has 5 rings (SSSR count). The molecule has 1 aliphatic rings. The third kappa shape index (κ3) is 4.24. The predicted molar refractivity (Wildman–Crippen MR) is 150 cm³/mol. The van der Waals surface area contributed by atoms with Crippen molar-refractivity contribution in [3.8, 4) is 17.1 Å². The van der Waals surface area contributed by atoms with Gasteiger partial charge in [0, 0.05) is 5.56 Å². The Labute approximate surface area is 210 Å². The second-order valence-electron chi connectivity index (χ2n) is 11.1. The lowest BCUT2D eigenvalue weighted by Crippen LogP contribution is -2.14. The maximum Gasteiger partial charge on any atom is 0.146 e. The van der Waals surface area contributed by atoms with Crippen molar-refractivity contribution in [1.29, 1.82) is 0 Å². The van der Waals surface area contributed by atoms with Gasteiger partial charge in [-0.1, -0.05) is 75.4 Å². The SMILES string of the molecule is C=C1CC(C)CC(c2cc3c(cc2C)nc(-c2ccccc2C(C)C)n3-c2c(C)cccc2C)C1. The first kappa shape index (κ1) is 23.6. The highest BCUT2D eigenvalue weighted by Gasteiger charge is 2.26. The van der Waals surface area contributed by atoms with Crippen LogP contribution in [0.15, 0.2) is 66.7 Å². The Morgan fingerprint density at radius 3 is 2.31 bits per heavy atom. The summed E-state index contributed by atoms with van der Waals surface area (Å²) >= 11 is 0. The zero-order valence-electron chi connectivity index (χ0n) is 22.2. The first-order valence-corrected chi connectivity index (χ1v) is 13.1. The summed E-state index contributed by atoms with van der Waals surface area (Å²) in [6, 6.07) is 20.1. The summed E-state index contributed by atoms with van der Waals surface area (Å²) in [4.78, 5) is 5.31. The molecule has 2 nitrogen and oxygen atoms in total. The van der Waals surface area contributed by atoms with Crippen molar-refractivity contribution in [2.45, 2.75) is 72.6 Å². The van der Waals surface area contributed by atoms with Crippen LogP contribution in [0.2, 0.25) is 0 Å². The lowest BCUT2D eigenvalue weighted by Gasteiger charge is -2.30.